The van der Waals surface area contributed by atoms with Gasteiger partial charge in [0.15, 0.2) is 0 Å². The van der Waals surface area contributed by atoms with Crippen LogP contribution in [0.25, 0.3) is 11.3 Å². The van der Waals surface area contributed by atoms with E-state index in [0.717, 1.165) is 60.2 Å². The molecular formula is C22H26BrFN4O. The van der Waals surface area contributed by atoms with Crippen molar-refractivity contribution in [3.8, 4) is 11.3 Å². The van der Waals surface area contributed by atoms with Gasteiger partial charge in [-0.2, -0.15) is 5.10 Å². The predicted octanol–water partition coefficient (Wildman–Crippen LogP) is 5.28. The SMILES string of the molecule is CCn1cc(Br)cc1C(=O)N(C)CCCCCc1cc(-c2ccc(F)cc2)n[nH]1. The number of carbonyl (C=O) groups is 1. The van der Waals surface area contributed by atoms with Gasteiger partial charge in [-0.05, 0) is 78.5 Å². The van der Waals surface area contributed by atoms with Gasteiger partial charge in [0.25, 0.3) is 5.91 Å². The third kappa shape index (κ3) is 5.56. The summed E-state index contributed by atoms with van der Waals surface area (Å²) in [6.45, 7) is 3.53. The molecule has 7 heteroatoms. The van der Waals surface area contributed by atoms with Gasteiger partial charge in [0.05, 0.1) is 5.69 Å². The van der Waals surface area contributed by atoms with Crippen LogP contribution < -0.4 is 0 Å². The third-order valence-electron chi connectivity index (χ3n) is 4.98. The van der Waals surface area contributed by atoms with E-state index in [1.54, 1.807) is 17.0 Å². The molecule has 0 aliphatic rings. The molecule has 0 fully saturated rings. The fourth-order valence-electron chi connectivity index (χ4n) is 3.31. The highest BCUT2D eigenvalue weighted by Crippen LogP contribution is 2.19. The van der Waals surface area contributed by atoms with E-state index in [-0.39, 0.29) is 11.7 Å². The van der Waals surface area contributed by atoms with Crippen molar-refractivity contribution in [3.63, 3.8) is 0 Å². The van der Waals surface area contributed by atoms with Crippen LogP contribution in [0.2, 0.25) is 0 Å². The lowest BCUT2D eigenvalue weighted by atomic mass is 10.1. The maximum absolute atomic E-state index is 13.0. The molecule has 2 heterocycles. The highest BCUT2D eigenvalue weighted by Gasteiger charge is 2.16. The summed E-state index contributed by atoms with van der Waals surface area (Å²) in [7, 11) is 1.85. The minimum absolute atomic E-state index is 0.0510. The molecule has 0 saturated carbocycles. The summed E-state index contributed by atoms with van der Waals surface area (Å²) in [5.41, 5.74) is 3.51. The molecule has 0 atom stereocenters. The van der Waals surface area contributed by atoms with Gasteiger partial charge < -0.3 is 9.47 Å². The van der Waals surface area contributed by atoms with Crippen LogP contribution in [0.4, 0.5) is 4.39 Å². The quantitative estimate of drug-likeness (QED) is 0.441. The number of hydrogen-bond donors (Lipinski definition) is 1. The Bertz CT molecular complexity index is 948. The lowest BCUT2D eigenvalue weighted by Gasteiger charge is -2.18. The van der Waals surface area contributed by atoms with Crippen molar-refractivity contribution in [1.29, 1.82) is 0 Å². The molecule has 2 aromatic heterocycles. The number of halogens is 2. The summed E-state index contributed by atoms with van der Waals surface area (Å²) in [6, 6.07) is 10.2. The Balaban J connectivity index is 1.42. The Labute approximate surface area is 179 Å². The van der Waals surface area contributed by atoms with E-state index in [1.807, 2.05) is 36.9 Å². The van der Waals surface area contributed by atoms with Gasteiger partial charge in [-0.15, -0.1) is 0 Å². The lowest BCUT2D eigenvalue weighted by molar-refractivity contribution is 0.0782. The molecular weight excluding hydrogens is 435 g/mol. The summed E-state index contributed by atoms with van der Waals surface area (Å²) < 4.78 is 15.9. The maximum Gasteiger partial charge on any atom is 0.270 e. The zero-order valence-corrected chi connectivity index (χ0v) is 18.4. The van der Waals surface area contributed by atoms with Crippen molar-refractivity contribution in [2.24, 2.45) is 0 Å². The molecule has 3 rings (SSSR count). The first-order valence-electron chi connectivity index (χ1n) is 9.89. The Morgan fingerprint density at radius 1 is 1.21 bits per heavy atom. The van der Waals surface area contributed by atoms with E-state index in [4.69, 9.17) is 0 Å². The Hall–Kier alpha value is -2.41. The average molecular weight is 461 g/mol. The Morgan fingerprint density at radius 3 is 2.69 bits per heavy atom. The summed E-state index contributed by atoms with van der Waals surface area (Å²) >= 11 is 3.44. The fourth-order valence-corrected chi connectivity index (χ4v) is 3.78. The molecule has 0 saturated heterocycles. The van der Waals surface area contributed by atoms with Crippen LogP contribution in [0, 0.1) is 5.82 Å². The Morgan fingerprint density at radius 2 is 1.97 bits per heavy atom. The van der Waals surface area contributed by atoms with E-state index >= 15 is 0 Å². The van der Waals surface area contributed by atoms with Crippen LogP contribution in [-0.2, 0) is 13.0 Å². The molecule has 0 aliphatic heterocycles. The topological polar surface area (TPSA) is 53.9 Å². The van der Waals surface area contributed by atoms with Crippen LogP contribution in [0.3, 0.4) is 0 Å². The monoisotopic (exact) mass is 460 g/mol. The number of benzene rings is 1. The molecule has 0 aliphatic carbocycles. The third-order valence-corrected chi connectivity index (χ3v) is 5.41. The molecule has 1 aromatic carbocycles. The molecule has 1 amide bonds. The highest BCUT2D eigenvalue weighted by molar-refractivity contribution is 9.10. The zero-order valence-electron chi connectivity index (χ0n) is 16.8. The molecule has 3 aromatic rings. The zero-order chi connectivity index (χ0) is 20.8. The number of nitrogens with zero attached hydrogens (tertiary/aromatic N) is 3. The van der Waals surface area contributed by atoms with Crippen molar-refractivity contribution in [2.45, 2.75) is 39.2 Å². The number of unbranched alkanes of at least 4 members (excludes halogenated alkanes) is 2. The van der Waals surface area contributed by atoms with E-state index in [1.165, 1.54) is 12.1 Å². The largest absolute Gasteiger partial charge is 0.343 e. The first kappa shape index (κ1) is 21.3. The van der Waals surface area contributed by atoms with Crippen molar-refractivity contribution >= 4 is 21.8 Å². The minimum Gasteiger partial charge on any atom is -0.343 e. The summed E-state index contributed by atoms with van der Waals surface area (Å²) in [6.07, 6.45) is 5.84. The number of carbonyl (C=O) groups excluding carboxylic acids is 1. The van der Waals surface area contributed by atoms with Gasteiger partial charge in [-0.1, -0.05) is 6.42 Å². The predicted molar refractivity (Wildman–Crippen MR) is 116 cm³/mol. The van der Waals surface area contributed by atoms with Gasteiger partial charge in [0.2, 0.25) is 0 Å². The summed E-state index contributed by atoms with van der Waals surface area (Å²) in [4.78, 5) is 14.4. The Kier molecular flexibility index (Phi) is 7.25. The fraction of sp³-hybridized carbons (Fsp3) is 0.364. The normalized spacial score (nSPS) is 11.0. The minimum atomic E-state index is -0.247. The number of amides is 1. The number of aromatic nitrogens is 3. The highest BCUT2D eigenvalue weighted by atomic mass is 79.9. The van der Waals surface area contributed by atoms with E-state index in [0.29, 0.717) is 5.69 Å². The first-order valence-corrected chi connectivity index (χ1v) is 10.7. The molecule has 0 bridgehead atoms. The van der Waals surface area contributed by atoms with Crippen molar-refractivity contribution in [1.82, 2.24) is 19.7 Å². The smallest absolute Gasteiger partial charge is 0.270 e. The van der Waals surface area contributed by atoms with Crippen molar-refractivity contribution < 1.29 is 9.18 Å². The summed E-state index contributed by atoms with van der Waals surface area (Å²) in [5.74, 6) is -0.196. The second kappa shape index (κ2) is 9.87. The van der Waals surface area contributed by atoms with Gasteiger partial charge in [-0.3, -0.25) is 9.89 Å². The number of aromatic amines is 1. The van der Waals surface area contributed by atoms with E-state index in [2.05, 4.69) is 26.1 Å². The summed E-state index contributed by atoms with van der Waals surface area (Å²) in [5, 5.41) is 7.37. The van der Waals surface area contributed by atoms with Gasteiger partial charge >= 0.3 is 0 Å². The van der Waals surface area contributed by atoms with Crippen LogP contribution >= 0.6 is 15.9 Å². The number of H-pyrrole nitrogens is 1. The number of nitrogens with one attached hydrogen (secondary N) is 1. The molecule has 29 heavy (non-hydrogen) atoms. The maximum atomic E-state index is 13.0. The van der Waals surface area contributed by atoms with Crippen LogP contribution in [0.15, 0.2) is 47.1 Å². The van der Waals surface area contributed by atoms with Gasteiger partial charge in [0.1, 0.15) is 11.5 Å². The number of rotatable bonds is 9. The van der Waals surface area contributed by atoms with Gasteiger partial charge in [-0.25, -0.2) is 4.39 Å². The van der Waals surface area contributed by atoms with Crippen LogP contribution in [-0.4, -0.2) is 39.2 Å². The number of hydrogen-bond acceptors (Lipinski definition) is 2. The molecule has 154 valence electrons. The average Bonchev–Trinajstić information content (AvgIpc) is 3.34. The lowest BCUT2D eigenvalue weighted by Crippen LogP contribution is -2.29. The molecule has 5 nitrogen and oxygen atoms in total. The second-order valence-corrected chi connectivity index (χ2v) is 8.07. The van der Waals surface area contributed by atoms with E-state index < -0.39 is 0 Å². The van der Waals surface area contributed by atoms with Crippen LogP contribution in [0.5, 0.6) is 0 Å². The molecule has 0 unspecified atom stereocenters. The first-order chi connectivity index (χ1) is 14.0. The molecule has 0 radical (unpaired) electrons. The van der Waals surface area contributed by atoms with Crippen molar-refractivity contribution in [2.75, 3.05) is 13.6 Å². The molecule has 0 spiro atoms. The number of aryl methyl sites for hydroxylation is 2. The van der Waals surface area contributed by atoms with Crippen LogP contribution in [0.1, 0.15) is 42.4 Å². The van der Waals surface area contributed by atoms with E-state index in [9.17, 15) is 9.18 Å². The second-order valence-electron chi connectivity index (χ2n) is 7.15. The van der Waals surface area contributed by atoms with Crippen molar-refractivity contribution in [3.05, 3.63) is 64.3 Å². The van der Waals surface area contributed by atoms with Gasteiger partial charge in [0, 0.05) is 42.1 Å². The standard InChI is InChI=1S/C22H26BrFN4O/c1-3-28-15-17(23)13-21(28)22(29)27(2)12-6-4-5-7-19-14-20(26-25-19)16-8-10-18(24)11-9-16/h8-11,13-15H,3-7,12H2,1-2H3,(H,25,26). The molecule has 1 N–H and O–H groups in total.